The number of furan rings is 1. The minimum Gasteiger partial charge on any atom is -0.473 e. The lowest BCUT2D eigenvalue weighted by Crippen LogP contribution is -2.50. The van der Waals surface area contributed by atoms with E-state index in [1.54, 1.807) is 23.9 Å². The molecule has 166 valence electrons. The zero-order valence-electron chi connectivity index (χ0n) is 16.8. The van der Waals surface area contributed by atoms with Crippen molar-refractivity contribution in [3.63, 3.8) is 0 Å². The number of thioether (sulfide) groups is 1. The lowest BCUT2D eigenvalue weighted by atomic mass is 10.2. The number of ketones is 1. The first-order valence-electron chi connectivity index (χ1n) is 9.51. The fourth-order valence-electron chi connectivity index (χ4n) is 2.80. The molecule has 0 aliphatic carbocycles. The summed E-state index contributed by atoms with van der Waals surface area (Å²) in [5.74, 6) is -1.73. The number of amides is 1. The molecule has 0 atom stereocenters. The number of carbonyl (C=O) groups excluding carboxylic acids is 2. The van der Waals surface area contributed by atoms with Gasteiger partial charge in [-0.25, -0.2) is 9.59 Å². The lowest BCUT2D eigenvalue weighted by Gasteiger charge is -2.34. The molecule has 0 radical (unpaired) electrons. The number of carboxylic acids is 2. The number of nitrogens with zero attached hydrogens (tertiary/aromatic N) is 2. The summed E-state index contributed by atoms with van der Waals surface area (Å²) in [5, 5.41) is 14.8. The van der Waals surface area contributed by atoms with Crippen molar-refractivity contribution in [1.82, 2.24) is 9.80 Å². The zero-order valence-corrected chi connectivity index (χ0v) is 17.6. The first-order chi connectivity index (χ1) is 14.9. The molecule has 1 aromatic carbocycles. The van der Waals surface area contributed by atoms with Gasteiger partial charge in [0.25, 0.3) is 0 Å². The third-order valence-electron chi connectivity index (χ3n) is 4.41. The van der Waals surface area contributed by atoms with E-state index in [2.05, 4.69) is 17.0 Å². The van der Waals surface area contributed by atoms with Gasteiger partial charge in [0.1, 0.15) is 0 Å². The highest BCUT2D eigenvalue weighted by Crippen LogP contribution is 2.13. The molecule has 2 N–H and O–H groups in total. The fraction of sp³-hybridized carbons (Fsp3) is 0.333. The van der Waals surface area contributed by atoms with Gasteiger partial charge in [-0.2, -0.15) is 0 Å². The Morgan fingerprint density at radius 1 is 0.903 bits per heavy atom. The Morgan fingerprint density at radius 3 is 2.10 bits per heavy atom. The molecule has 1 aliphatic rings. The van der Waals surface area contributed by atoms with Crippen LogP contribution in [0.1, 0.15) is 16.1 Å². The average molecular weight is 448 g/mol. The van der Waals surface area contributed by atoms with Crippen molar-refractivity contribution in [2.24, 2.45) is 0 Å². The maximum Gasteiger partial charge on any atom is 0.414 e. The van der Waals surface area contributed by atoms with Gasteiger partial charge >= 0.3 is 11.9 Å². The fourth-order valence-corrected chi connectivity index (χ4v) is 3.68. The van der Waals surface area contributed by atoms with Crippen molar-refractivity contribution in [1.29, 1.82) is 0 Å². The maximum atomic E-state index is 12.3. The minimum absolute atomic E-state index is 0.0109. The van der Waals surface area contributed by atoms with Crippen molar-refractivity contribution >= 4 is 35.4 Å². The summed E-state index contributed by atoms with van der Waals surface area (Å²) < 4.78 is 5.13. The molecule has 3 rings (SSSR count). The van der Waals surface area contributed by atoms with Crippen LogP contribution in [0.2, 0.25) is 0 Å². The monoisotopic (exact) mass is 448 g/mol. The molecule has 2 aromatic rings. The summed E-state index contributed by atoms with van der Waals surface area (Å²) in [5.41, 5.74) is 1.24. The molecule has 1 aromatic heterocycles. The smallest absolute Gasteiger partial charge is 0.414 e. The van der Waals surface area contributed by atoms with Gasteiger partial charge in [-0.15, -0.1) is 11.8 Å². The number of aliphatic carboxylic acids is 2. The van der Waals surface area contributed by atoms with Gasteiger partial charge in [0.05, 0.1) is 18.6 Å². The Labute approximate surface area is 183 Å². The van der Waals surface area contributed by atoms with Crippen molar-refractivity contribution in [3.8, 4) is 0 Å². The van der Waals surface area contributed by atoms with Crippen LogP contribution in [0, 0.1) is 0 Å². The predicted octanol–water partition coefficient (Wildman–Crippen LogP) is 1.70. The first-order valence-corrected chi connectivity index (χ1v) is 10.7. The maximum absolute atomic E-state index is 12.3. The summed E-state index contributed by atoms with van der Waals surface area (Å²) in [6.45, 7) is 3.15. The third-order valence-corrected chi connectivity index (χ3v) is 5.40. The van der Waals surface area contributed by atoms with Crippen LogP contribution >= 0.6 is 11.8 Å². The number of rotatable bonds is 7. The van der Waals surface area contributed by atoms with Crippen molar-refractivity contribution in [3.05, 3.63) is 60.1 Å². The second-order valence-electron chi connectivity index (χ2n) is 6.65. The van der Waals surface area contributed by atoms with E-state index in [9.17, 15) is 9.59 Å². The quantitative estimate of drug-likeness (QED) is 0.480. The van der Waals surface area contributed by atoms with Gasteiger partial charge in [-0.1, -0.05) is 30.3 Å². The molecule has 31 heavy (non-hydrogen) atoms. The van der Waals surface area contributed by atoms with E-state index < -0.39 is 11.9 Å². The molecule has 0 bridgehead atoms. The third kappa shape index (κ3) is 8.65. The van der Waals surface area contributed by atoms with Gasteiger partial charge in [-0.3, -0.25) is 14.5 Å². The van der Waals surface area contributed by atoms with Crippen LogP contribution in [-0.4, -0.2) is 82.1 Å². The number of hydrogen-bond donors (Lipinski definition) is 2. The van der Waals surface area contributed by atoms with E-state index in [1.165, 1.54) is 11.8 Å². The SMILES string of the molecule is O=C(CN1CCN(C(=O)CSCc2ccccc2)CC1)c1ccco1.O=C(O)C(=O)O. The molecule has 0 saturated carbocycles. The minimum atomic E-state index is -1.82. The highest BCUT2D eigenvalue weighted by Gasteiger charge is 2.23. The second-order valence-corrected chi connectivity index (χ2v) is 7.63. The van der Waals surface area contributed by atoms with Crippen LogP contribution in [0.4, 0.5) is 0 Å². The van der Waals surface area contributed by atoms with E-state index in [0.717, 1.165) is 18.8 Å². The Bertz CT molecular complexity index is 851. The molecule has 1 fully saturated rings. The van der Waals surface area contributed by atoms with Crippen molar-refractivity contribution in [2.75, 3.05) is 38.5 Å². The Kier molecular flexibility index (Phi) is 9.79. The van der Waals surface area contributed by atoms with Crippen molar-refractivity contribution < 1.29 is 33.8 Å². The van der Waals surface area contributed by atoms with Crippen LogP contribution in [0.25, 0.3) is 0 Å². The highest BCUT2D eigenvalue weighted by molar-refractivity contribution is 7.99. The van der Waals surface area contributed by atoms with Gasteiger partial charge in [0, 0.05) is 31.9 Å². The molecule has 2 heterocycles. The Hall–Kier alpha value is -3.11. The van der Waals surface area contributed by atoms with E-state index in [1.807, 2.05) is 23.1 Å². The van der Waals surface area contributed by atoms with E-state index >= 15 is 0 Å². The van der Waals surface area contributed by atoms with Crippen LogP contribution in [0.3, 0.4) is 0 Å². The molecule has 1 saturated heterocycles. The molecular formula is C21H24N2O7S. The highest BCUT2D eigenvalue weighted by atomic mass is 32.2. The van der Waals surface area contributed by atoms with E-state index in [-0.39, 0.29) is 11.7 Å². The van der Waals surface area contributed by atoms with Crippen LogP contribution < -0.4 is 0 Å². The molecule has 0 unspecified atom stereocenters. The molecular weight excluding hydrogens is 424 g/mol. The summed E-state index contributed by atoms with van der Waals surface area (Å²) >= 11 is 1.65. The second kappa shape index (κ2) is 12.6. The van der Waals surface area contributed by atoms with Crippen LogP contribution in [-0.2, 0) is 20.1 Å². The number of carboxylic acid groups (broad SMARTS) is 2. The van der Waals surface area contributed by atoms with Gasteiger partial charge in [0.15, 0.2) is 5.76 Å². The van der Waals surface area contributed by atoms with E-state index in [0.29, 0.717) is 31.1 Å². The lowest BCUT2D eigenvalue weighted by molar-refractivity contribution is -0.159. The summed E-state index contributed by atoms with van der Waals surface area (Å²) in [6, 6.07) is 13.6. The Morgan fingerprint density at radius 2 is 1.55 bits per heavy atom. The van der Waals surface area contributed by atoms with E-state index in [4.69, 9.17) is 24.2 Å². The topological polar surface area (TPSA) is 128 Å². The number of piperazine rings is 1. The van der Waals surface area contributed by atoms with Crippen LogP contribution in [0.5, 0.6) is 0 Å². The van der Waals surface area contributed by atoms with Gasteiger partial charge in [0.2, 0.25) is 11.7 Å². The normalized spacial score (nSPS) is 13.7. The summed E-state index contributed by atoms with van der Waals surface area (Å²) in [6.07, 6.45) is 1.51. The standard InChI is InChI=1S/C19H22N2O3S.C2H2O4/c22-17(18-7-4-12-24-18)13-20-8-10-21(11-9-20)19(23)15-25-14-16-5-2-1-3-6-16;3-1(4)2(5)6/h1-7,12H,8-11,13-15H2;(H,3,4)(H,5,6). The first kappa shape index (κ1) is 24.2. The number of benzene rings is 1. The van der Waals surface area contributed by atoms with Gasteiger partial charge < -0.3 is 19.5 Å². The average Bonchev–Trinajstić information content (AvgIpc) is 3.30. The largest absolute Gasteiger partial charge is 0.473 e. The number of carbonyl (C=O) groups is 4. The summed E-state index contributed by atoms with van der Waals surface area (Å²) in [7, 11) is 0. The van der Waals surface area contributed by atoms with Crippen molar-refractivity contribution in [2.45, 2.75) is 5.75 Å². The molecule has 0 spiro atoms. The zero-order chi connectivity index (χ0) is 22.6. The Balaban J connectivity index is 0.000000501. The number of Topliss-reactive ketones (excluding diaryl/α,β-unsaturated/α-hetero) is 1. The number of hydrogen-bond acceptors (Lipinski definition) is 7. The van der Waals surface area contributed by atoms with Gasteiger partial charge in [-0.05, 0) is 17.7 Å². The molecule has 9 nitrogen and oxygen atoms in total. The predicted molar refractivity (Wildman–Crippen MR) is 114 cm³/mol. The molecule has 1 aliphatic heterocycles. The summed E-state index contributed by atoms with van der Waals surface area (Å²) in [4.78, 5) is 46.5. The molecule has 1 amide bonds. The van der Waals surface area contributed by atoms with Crippen LogP contribution in [0.15, 0.2) is 53.1 Å². The molecule has 10 heteroatoms.